The number of hydrogen-bond donors (Lipinski definition) is 1. The number of rotatable bonds is 4. The van der Waals surface area contributed by atoms with Crippen LogP contribution in [0.3, 0.4) is 0 Å². The lowest BCUT2D eigenvalue weighted by molar-refractivity contribution is 0.101. The van der Waals surface area contributed by atoms with Crippen LogP contribution >= 0.6 is 23.2 Å². The van der Waals surface area contributed by atoms with Crippen molar-refractivity contribution in [2.45, 2.75) is 18.6 Å². The summed E-state index contributed by atoms with van der Waals surface area (Å²) in [5.41, 5.74) is 6.95. The first-order chi connectivity index (χ1) is 8.65. The second kappa shape index (κ2) is 6.22. The van der Waals surface area contributed by atoms with Gasteiger partial charge in [0, 0.05) is 42.8 Å². The highest BCUT2D eigenvalue weighted by molar-refractivity contribution is 6.35. The molecule has 100 valence electrons. The predicted octanol–water partition coefficient (Wildman–Crippen LogP) is 2.71. The molecule has 0 amide bonds. The molecular weight excluding hydrogens is 271 g/mol. The number of likely N-dealkylation sites (tertiary alicyclic amines) is 1. The fourth-order valence-electron chi connectivity index (χ4n) is 2.47. The largest absolute Gasteiger partial charge is 0.380 e. The minimum Gasteiger partial charge on any atom is -0.380 e. The number of benzene rings is 1. The molecule has 1 heterocycles. The summed E-state index contributed by atoms with van der Waals surface area (Å²) in [5, 5.41) is 1.33. The Hall–Kier alpha value is -0.320. The highest BCUT2D eigenvalue weighted by Crippen LogP contribution is 2.31. The average Bonchev–Trinajstić information content (AvgIpc) is 2.81. The molecule has 0 spiro atoms. The number of nitrogens with two attached hydrogens (primary N) is 1. The molecule has 1 aromatic rings. The molecule has 1 fully saturated rings. The summed E-state index contributed by atoms with van der Waals surface area (Å²) in [4.78, 5) is 2.32. The normalized spacial score (nSPS) is 22.3. The van der Waals surface area contributed by atoms with Gasteiger partial charge in [-0.2, -0.15) is 0 Å². The van der Waals surface area contributed by atoms with Crippen LogP contribution in [-0.2, 0) is 4.74 Å². The highest BCUT2D eigenvalue weighted by Gasteiger charge is 2.29. The van der Waals surface area contributed by atoms with Crippen LogP contribution in [0, 0.1) is 0 Å². The molecule has 0 radical (unpaired) electrons. The number of methoxy groups -OCH3 is 1. The van der Waals surface area contributed by atoms with Gasteiger partial charge in [0.2, 0.25) is 0 Å². The molecule has 0 aromatic heterocycles. The van der Waals surface area contributed by atoms with E-state index in [1.54, 1.807) is 13.2 Å². The summed E-state index contributed by atoms with van der Waals surface area (Å²) in [5.74, 6) is 0. The monoisotopic (exact) mass is 288 g/mol. The van der Waals surface area contributed by atoms with Crippen LogP contribution in [0.2, 0.25) is 10.0 Å². The van der Waals surface area contributed by atoms with E-state index in [0.29, 0.717) is 22.7 Å². The van der Waals surface area contributed by atoms with Crippen molar-refractivity contribution in [3.63, 3.8) is 0 Å². The Morgan fingerprint density at radius 1 is 1.50 bits per heavy atom. The maximum Gasteiger partial charge on any atom is 0.0710 e. The second-order valence-corrected chi connectivity index (χ2v) is 5.40. The maximum absolute atomic E-state index is 6.25. The minimum absolute atomic E-state index is 0.134. The zero-order valence-corrected chi connectivity index (χ0v) is 11.9. The number of halogens is 2. The number of nitrogens with zero attached hydrogens (tertiary/aromatic N) is 1. The van der Waals surface area contributed by atoms with Gasteiger partial charge in [-0.25, -0.2) is 0 Å². The lowest BCUT2D eigenvalue weighted by Gasteiger charge is -2.27. The topological polar surface area (TPSA) is 38.5 Å². The predicted molar refractivity (Wildman–Crippen MR) is 75.2 cm³/mol. The van der Waals surface area contributed by atoms with Crippen molar-refractivity contribution < 1.29 is 4.74 Å². The van der Waals surface area contributed by atoms with Gasteiger partial charge >= 0.3 is 0 Å². The van der Waals surface area contributed by atoms with Crippen molar-refractivity contribution >= 4 is 23.2 Å². The molecule has 2 N–H and O–H groups in total. The van der Waals surface area contributed by atoms with Gasteiger partial charge < -0.3 is 10.5 Å². The lowest BCUT2D eigenvalue weighted by atomic mass is 10.1. The Labute approximate surface area is 118 Å². The standard InChI is InChI=1S/C13H18Cl2N2O/c1-18-10-4-5-17(8-10)13(7-16)11-3-2-9(14)6-12(11)15/h2-3,6,10,13H,4-5,7-8,16H2,1H3. The van der Waals surface area contributed by atoms with E-state index in [1.807, 2.05) is 12.1 Å². The zero-order chi connectivity index (χ0) is 13.1. The molecule has 1 aliphatic heterocycles. The second-order valence-electron chi connectivity index (χ2n) is 4.56. The van der Waals surface area contributed by atoms with Crippen molar-refractivity contribution in [2.24, 2.45) is 5.73 Å². The SMILES string of the molecule is COC1CCN(C(CN)c2ccc(Cl)cc2Cl)C1. The van der Waals surface area contributed by atoms with Gasteiger partial charge in [0.25, 0.3) is 0 Å². The third kappa shape index (κ3) is 2.98. The fraction of sp³-hybridized carbons (Fsp3) is 0.538. The molecule has 5 heteroatoms. The summed E-state index contributed by atoms with van der Waals surface area (Å²) in [7, 11) is 1.75. The first kappa shape index (κ1) is 14.1. The first-order valence-corrected chi connectivity index (χ1v) is 6.83. The van der Waals surface area contributed by atoms with Gasteiger partial charge in [0.1, 0.15) is 0 Å². The molecule has 2 rings (SSSR count). The molecule has 2 unspecified atom stereocenters. The molecule has 1 saturated heterocycles. The van der Waals surface area contributed by atoms with Crippen LogP contribution in [0.25, 0.3) is 0 Å². The molecule has 1 aromatic carbocycles. The van der Waals surface area contributed by atoms with E-state index in [0.717, 1.165) is 25.1 Å². The molecular formula is C13H18Cl2N2O. The van der Waals surface area contributed by atoms with Crippen molar-refractivity contribution in [3.8, 4) is 0 Å². The smallest absolute Gasteiger partial charge is 0.0710 e. The zero-order valence-electron chi connectivity index (χ0n) is 10.4. The van der Waals surface area contributed by atoms with Crippen LogP contribution in [0.4, 0.5) is 0 Å². The lowest BCUT2D eigenvalue weighted by Crippen LogP contribution is -2.33. The van der Waals surface area contributed by atoms with E-state index in [9.17, 15) is 0 Å². The molecule has 0 aliphatic carbocycles. The third-order valence-electron chi connectivity index (χ3n) is 3.50. The summed E-state index contributed by atoms with van der Waals surface area (Å²) in [6, 6.07) is 5.72. The minimum atomic E-state index is 0.134. The Balaban J connectivity index is 2.18. The molecule has 1 aliphatic rings. The van der Waals surface area contributed by atoms with Crippen LogP contribution in [0.1, 0.15) is 18.0 Å². The van der Waals surface area contributed by atoms with Crippen LogP contribution in [-0.4, -0.2) is 37.7 Å². The average molecular weight is 289 g/mol. The van der Waals surface area contributed by atoms with E-state index >= 15 is 0 Å². The third-order valence-corrected chi connectivity index (χ3v) is 4.06. The van der Waals surface area contributed by atoms with Gasteiger partial charge in [0.15, 0.2) is 0 Å². The Morgan fingerprint density at radius 2 is 2.28 bits per heavy atom. The van der Waals surface area contributed by atoms with E-state index in [2.05, 4.69) is 4.90 Å². The summed E-state index contributed by atoms with van der Waals surface area (Å²) in [6.07, 6.45) is 1.34. The molecule has 18 heavy (non-hydrogen) atoms. The van der Waals surface area contributed by atoms with Crippen molar-refractivity contribution in [3.05, 3.63) is 33.8 Å². The Kier molecular flexibility index (Phi) is 4.87. The first-order valence-electron chi connectivity index (χ1n) is 6.07. The van der Waals surface area contributed by atoms with Gasteiger partial charge in [-0.05, 0) is 24.1 Å². The van der Waals surface area contributed by atoms with Crippen LogP contribution in [0.5, 0.6) is 0 Å². The van der Waals surface area contributed by atoms with E-state index < -0.39 is 0 Å². The highest BCUT2D eigenvalue weighted by atomic mass is 35.5. The van der Waals surface area contributed by atoms with Crippen LogP contribution < -0.4 is 5.73 Å². The summed E-state index contributed by atoms with van der Waals surface area (Å²) in [6.45, 7) is 2.43. The van der Waals surface area contributed by atoms with Gasteiger partial charge in [-0.1, -0.05) is 29.3 Å². The van der Waals surface area contributed by atoms with Crippen molar-refractivity contribution in [1.82, 2.24) is 4.90 Å². The quantitative estimate of drug-likeness (QED) is 0.926. The van der Waals surface area contributed by atoms with Crippen LogP contribution in [0.15, 0.2) is 18.2 Å². The van der Waals surface area contributed by atoms with Crippen molar-refractivity contribution in [1.29, 1.82) is 0 Å². The van der Waals surface area contributed by atoms with Gasteiger partial charge in [-0.3, -0.25) is 4.90 Å². The Morgan fingerprint density at radius 3 is 2.83 bits per heavy atom. The number of ether oxygens (including phenoxy) is 1. The molecule has 0 bridgehead atoms. The number of hydrogen-bond acceptors (Lipinski definition) is 3. The van der Waals surface area contributed by atoms with E-state index in [4.69, 9.17) is 33.7 Å². The summed E-state index contributed by atoms with van der Waals surface area (Å²) < 4.78 is 5.38. The molecule has 3 nitrogen and oxygen atoms in total. The van der Waals surface area contributed by atoms with Crippen molar-refractivity contribution in [2.75, 3.05) is 26.7 Å². The van der Waals surface area contributed by atoms with Gasteiger partial charge in [-0.15, -0.1) is 0 Å². The Bertz CT molecular complexity index is 414. The molecule has 2 atom stereocenters. The summed E-state index contributed by atoms with van der Waals surface area (Å²) >= 11 is 12.2. The van der Waals surface area contributed by atoms with Gasteiger partial charge in [0.05, 0.1) is 6.10 Å². The maximum atomic E-state index is 6.25. The van der Waals surface area contributed by atoms with E-state index in [1.165, 1.54) is 0 Å². The fourth-order valence-corrected chi connectivity index (χ4v) is 3.01. The molecule has 0 saturated carbocycles. The van der Waals surface area contributed by atoms with E-state index in [-0.39, 0.29) is 6.04 Å².